The summed E-state index contributed by atoms with van der Waals surface area (Å²) in [5.74, 6) is 1.82. The van der Waals surface area contributed by atoms with Crippen molar-refractivity contribution in [1.82, 2.24) is 21.3 Å². The highest BCUT2D eigenvalue weighted by molar-refractivity contribution is 6.38. The van der Waals surface area contributed by atoms with Crippen LogP contribution in [0.25, 0.3) is 0 Å². The van der Waals surface area contributed by atoms with Crippen molar-refractivity contribution < 1.29 is 24.0 Å². The minimum Gasteiger partial charge on any atom is -0.348 e. The average Bonchev–Trinajstić information content (AvgIpc) is 3.02. The molecule has 4 N–H and O–H groups in total. The minimum atomic E-state index is -0.863. The molecule has 0 aliphatic heterocycles. The van der Waals surface area contributed by atoms with E-state index in [4.69, 9.17) is 6.42 Å². The fourth-order valence-electron chi connectivity index (χ4n) is 3.39. The summed E-state index contributed by atoms with van der Waals surface area (Å²) in [4.78, 5) is 55.2. The van der Waals surface area contributed by atoms with Crippen molar-refractivity contribution in [2.75, 3.05) is 13.6 Å². The van der Waals surface area contributed by atoms with Gasteiger partial charge in [0.1, 0.15) is 0 Å². The van der Waals surface area contributed by atoms with Crippen LogP contribution in [0.2, 0.25) is 0 Å². The molecule has 264 valence electrons. The van der Waals surface area contributed by atoms with E-state index in [-0.39, 0.29) is 30.2 Å². The number of Topliss-reactive ketones (excluding diaryl/α,β-unsaturated/α-hetero) is 2. The number of terminal acetylenes is 1. The molecule has 2 atom stereocenters. The Morgan fingerprint density at radius 1 is 0.911 bits per heavy atom. The Balaban J connectivity index is -0.000000166. The Morgan fingerprint density at radius 2 is 1.40 bits per heavy atom. The van der Waals surface area contributed by atoms with Crippen LogP contribution in [0, 0.1) is 23.7 Å². The lowest BCUT2D eigenvalue weighted by molar-refractivity contribution is -0.139. The molecule has 9 heteroatoms. The number of unbranched alkanes of at least 4 members (excludes halogenated alkanes) is 3. The molecule has 0 saturated heterocycles. The van der Waals surface area contributed by atoms with E-state index in [1.807, 2.05) is 34.6 Å². The van der Waals surface area contributed by atoms with Gasteiger partial charge in [0.05, 0.1) is 12.1 Å². The first-order valence-corrected chi connectivity index (χ1v) is 16.7. The molecular weight excluding hydrogens is 568 g/mol. The zero-order chi connectivity index (χ0) is 36.3. The van der Waals surface area contributed by atoms with Gasteiger partial charge >= 0.3 is 6.03 Å². The summed E-state index contributed by atoms with van der Waals surface area (Å²) in [5.41, 5.74) is -0.252. The molecular formula is C36H70N4O5. The maximum absolute atomic E-state index is 11.5. The largest absolute Gasteiger partial charge is 0.348 e. The lowest BCUT2D eigenvalue weighted by Gasteiger charge is -2.28. The summed E-state index contributed by atoms with van der Waals surface area (Å²) in [5, 5.41) is 9.62. The zero-order valence-electron chi connectivity index (χ0n) is 31.0. The summed E-state index contributed by atoms with van der Waals surface area (Å²) in [6.45, 7) is 26.1. The maximum Gasteiger partial charge on any atom is 0.315 e. The van der Waals surface area contributed by atoms with E-state index in [2.05, 4.69) is 68.4 Å². The molecule has 0 aliphatic rings. The summed E-state index contributed by atoms with van der Waals surface area (Å²) in [6, 6.07) is -1.62. The Labute approximate surface area is 277 Å². The van der Waals surface area contributed by atoms with Crippen LogP contribution < -0.4 is 21.3 Å². The lowest BCUT2D eigenvalue weighted by atomic mass is 9.84. The van der Waals surface area contributed by atoms with Gasteiger partial charge in [-0.2, -0.15) is 0 Å². The predicted molar refractivity (Wildman–Crippen MR) is 191 cm³/mol. The summed E-state index contributed by atoms with van der Waals surface area (Å²) >= 11 is 0. The summed E-state index contributed by atoms with van der Waals surface area (Å²) < 4.78 is 0. The van der Waals surface area contributed by atoms with Gasteiger partial charge in [-0.05, 0) is 24.7 Å². The van der Waals surface area contributed by atoms with Gasteiger partial charge in [0.25, 0.3) is 5.91 Å². The SMILES string of the molecule is C#CCCC(NC=O)C(=O)C(=O)NCC=C.CC.CCCC.CCCCC(C)CCCC.CNC(=O)NC(C(C)=O)C(C)(C)C. The highest BCUT2D eigenvalue weighted by Gasteiger charge is 2.29. The summed E-state index contributed by atoms with van der Waals surface area (Å²) in [6.07, 6.45) is 18.5. The van der Waals surface area contributed by atoms with Crippen molar-refractivity contribution >= 4 is 29.9 Å². The topological polar surface area (TPSA) is 133 Å². The van der Waals surface area contributed by atoms with E-state index in [9.17, 15) is 24.0 Å². The third kappa shape index (κ3) is 36.9. The third-order valence-electron chi connectivity index (χ3n) is 6.17. The van der Waals surface area contributed by atoms with Crippen LogP contribution in [0.3, 0.4) is 0 Å². The average molecular weight is 639 g/mol. The molecule has 0 aromatic carbocycles. The standard InChI is InChI=1S/C11H14N2O3.C10H22.C9H18N2O2.C4H10.C2H6/c1-3-5-6-9(13-8-14)10(15)11(16)12-7-4-2;1-4-6-8-10(3)9-7-5-2;1-6(12)7(9(2,3)4)11-8(13)10-5;1-3-4-2;1-2/h1,4,8-9H,2,5-7H2,(H,12,16)(H,13,14);10H,4-9H2,1-3H3;7H,1-5H3,(H2,10,11,13);3-4H2,1-2H3;1-2H3. The summed E-state index contributed by atoms with van der Waals surface area (Å²) in [7, 11) is 1.52. The van der Waals surface area contributed by atoms with Crippen LogP contribution in [-0.2, 0) is 19.2 Å². The molecule has 4 amide bonds. The van der Waals surface area contributed by atoms with Crippen molar-refractivity contribution in [1.29, 1.82) is 0 Å². The number of rotatable bonds is 17. The second kappa shape index (κ2) is 37.0. The van der Waals surface area contributed by atoms with Crippen LogP contribution in [0.15, 0.2) is 12.7 Å². The molecule has 9 nitrogen and oxygen atoms in total. The van der Waals surface area contributed by atoms with Gasteiger partial charge in [0.15, 0.2) is 5.78 Å². The number of hydrogen-bond acceptors (Lipinski definition) is 5. The van der Waals surface area contributed by atoms with Gasteiger partial charge in [-0.25, -0.2) is 4.79 Å². The van der Waals surface area contributed by atoms with Crippen molar-refractivity contribution in [3.8, 4) is 12.3 Å². The van der Waals surface area contributed by atoms with Crippen molar-refractivity contribution in [2.24, 2.45) is 11.3 Å². The second-order valence-corrected chi connectivity index (χ2v) is 11.5. The van der Waals surface area contributed by atoms with Crippen LogP contribution in [0.1, 0.15) is 140 Å². The molecule has 0 radical (unpaired) electrons. The van der Waals surface area contributed by atoms with Gasteiger partial charge in [-0.15, -0.1) is 18.9 Å². The predicted octanol–water partition coefficient (Wildman–Crippen LogP) is 7.14. The fraction of sp³-hybridized carbons (Fsp3) is 0.750. The quantitative estimate of drug-likeness (QED) is 0.0582. The first kappa shape index (κ1) is 51.4. The molecule has 0 fully saturated rings. The number of amides is 4. The van der Waals surface area contributed by atoms with Crippen molar-refractivity contribution in [3.63, 3.8) is 0 Å². The third-order valence-corrected chi connectivity index (χ3v) is 6.17. The minimum absolute atomic E-state index is 0.0314. The van der Waals surface area contributed by atoms with E-state index in [1.165, 1.54) is 71.4 Å². The van der Waals surface area contributed by atoms with Crippen LogP contribution >= 0.6 is 0 Å². The molecule has 2 unspecified atom stereocenters. The monoisotopic (exact) mass is 639 g/mol. The van der Waals surface area contributed by atoms with Gasteiger partial charge < -0.3 is 21.3 Å². The highest BCUT2D eigenvalue weighted by atomic mass is 16.2. The van der Waals surface area contributed by atoms with Crippen LogP contribution in [0.4, 0.5) is 4.79 Å². The second-order valence-electron chi connectivity index (χ2n) is 11.5. The number of nitrogens with one attached hydrogen (secondary N) is 4. The van der Waals surface area contributed by atoms with E-state index < -0.39 is 23.8 Å². The fourth-order valence-corrected chi connectivity index (χ4v) is 3.39. The molecule has 0 aromatic heterocycles. The smallest absolute Gasteiger partial charge is 0.315 e. The van der Waals surface area contributed by atoms with Gasteiger partial charge in [0, 0.05) is 20.0 Å². The number of carbonyl (C=O) groups is 5. The van der Waals surface area contributed by atoms with Gasteiger partial charge in [0.2, 0.25) is 12.2 Å². The van der Waals surface area contributed by atoms with Crippen molar-refractivity contribution in [2.45, 2.75) is 152 Å². The van der Waals surface area contributed by atoms with Crippen molar-refractivity contribution in [3.05, 3.63) is 12.7 Å². The molecule has 0 aromatic rings. The molecule has 0 rings (SSSR count). The number of ketones is 2. The van der Waals surface area contributed by atoms with Crippen LogP contribution in [-0.4, -0.2) is 55.6 Å². The Hall–Kier alpha value is -3.15. The molecule has 0 bridgehead atoms. The van der Waals surface area contributed by atoms with E-state index >= 15 is 0 Å². The number of carbonyl (C=O) groups excluding carboxylic acids is 5. The number of hydrogen-bond donors (Lipinski definition) is 4. The lowest BCUT2D eigenvalue weighted by Crippen LogP contribution is -2.50. The Kier molecular flexibility index (Phi) is 42.3. The highest BCUT2D eigenvalue weighted by Crippen LogP contribution is 2.19. The van der Waals surface area contributed by atoms with E-state index in [0.29, 0.717) is 12.8 Å². The first-order valence-electron chi connectivity index (χ1n) is 16.7. The molecule has 0 saturated carbocycles. The molecule has 0 heterocycles. The van der Waals surface area contributed by atoms with Gasteiger partial charge in [-0.1, -0.05) is 127 Å². The Morgan fingerprint density at radius 3 is 1.71 bits per heavy atom. The molecule has 0 aliphatic carbocycles. The normalized spacial score (nSPS) is 10.8. The molecule has 45 heavy (non-hydrogen) atoms. The van der Waals surface area contributed by atoms with Crippen LogP contribution in [0.5, 0.6) is 0 Å². The first-order chi connectivity index (χ1) is 21.2. The van der Waals surface area contributed by atoms with E-state index in [0.717, 1.165) is 5.92 Å². The van der Waals surface area contributed by atoms with E-state index in [1.54, 1.807) is 0 Å². The number of urea groups is 1. The Bertz CT molecular complexity index is 790. The zero-order valence-corrected chi connectivity index (χ0v) is 31.0. The van der Waals surface area contributed by atoms with Gasteiger partial charge in [-0.3, -0.25) is 19.2 Å². The molecule has 0 spiro atoms. The maximum atomic E-state index is 11.5.